The van der Waals surface area contributed by atoms with Crippen molar-refractivity contribution in [1.29, 1.82) is 0 Å². The van der Waals surface area contributed by atoms with E-state index in [9.17, 15) is 28.7 Å². The Bertz CT molecular complexity index is 983. The van der Waals surface area contributed by atoms with Gasteiger partial charge < -0.3 is 14.6 Å². The van der Waals surface area contributed by atoms with Crippen LogP contribution in [0.3, 0.4) is 0 Å². The van der Waals surface area contributed by atoms with E-state index in [-0.39, 0.29) is 37.9 Å². The van der Waals surface area contributed by atoms with Crippen molar-refractivity contribution in [2.45, 2.75) is 62.3 Å². The molecule has 0 spiro atoms. The molecule has 0 bridgehead atoms. The fourth-order valence-corrected chi connectivity index (χ4v) is 5.63. The average molecular weight is 516 g/mol. The lowest BCUT2D eigenvalue weighted by atomic mass is 9.92. The first kappa shape index (κ1) is 30.2. The molecule has 0 aromatic heterocycles. The molecule has 1 aromatic rings. The van der Waals surface area contributed by atoms with Crippen molar-refractivity contribution in [1.82, 2.24) is 9.62 Å². The van der Waals surface area contributed by atoms with Crippen molar-refractivity contribution in [3.05, 3.63) is 34.4 Å². The van der Waals surface area contributed by atoms with Crippen LogP contribution in [0.1, 0.15) is 27.7 Å². The van der Waals surface area contributed by atoms with Gasteiger partial charge in [0.1, 0.15) is 0 Å². The maximum atomic E-state index is 13.3. The van der Waals surface area contributed by atoms with Crippen LogP contribution in [0.25, 0.3) is 0 Å². The van der Waals surface area contributed by atoms with Gasteiger partial charge in [-0.1, -0.05) is 38.8 Å². The maximum Gasteiger partial charge on any atom is 0.289 e. The van der Waals surface area contributed by atoms with Gasteiger partial charge in [0.05, 0.1) is 36.3 Å². The normalized spacial score (nSPS) is 15.5. The van der Waals surface area contributed by atoms with Gasteiger partial charge in [0.2, 0.25) is 10.0 Å². The number of β-amino-alcohol motifs (C(OH)–C–C–N with tert-alkyl or cyclic N) is 2. The molecule has 192 valence electrons. The molecule has 10 nitrogen and oxygen atoms in total. The molecule has 0 aliphatic heterocycles. The molecule has 1 aromatic carbocycles. The molecule has 1 rings (SSSR count). The molecule has 0 saturated carbocycles. The number of rotatable bonds is 13. The van der Waals surface area contributed by atoms with Crippen molar-refractivity contribution in [2.75, 3.05) is 32.9 Å². The summed E-state index contributed by atoms with van der Waals surface area (Å²) in [6.45, 7) is 11.2. The monoisotopic (exact) mass is 515 g/mol. The van der Waals surface area contributed by atoms with Crippen LogP contribution in [-0.2, 0) is 14.4 Å². The van der Waals surface area contributed by atoms with Crippen LogP contribution < -0.4 is 4.72 Å². The number of sulfonamides is 1. The van der Waals surface area contributed by atoms with Gasteiger partial charge in [-0.15, -0.1) is 6.42 Å². The van der Waals surface area contributed by atoms with Crippen LogP contribution in [0.15, 0.2) is 29.2 Å². The quantitative estimate of drug-likeness (QED) is 0.157. The average Bonchev–Trinajstić information content (AvgIpc) is 2.75. The summed E-state index contributed by atoms with van der Waals surface area (Å²) in [6, 6.07) is 3.99. The topological polar surface area (TPSA) is 142 Å². The summed E-state index contributed by atoms with van der Waals surface area (Å²) in [5.41, 5.74) is -1.89. The van der Waals surface area contributed by atoms with E-state index in [0.717, 1.165) is 12.1 Å². The second-order valence-corrected chi connectivity index (χ2v) is 16.2. The van der Waals surface area contributed by atoms with Gasteiger partial charge in [0.15, 0.2) is 13.2 Å². The minimum absolute atomic E-state index is 0.0745. The van der Waals surface area contributed by atoms with E-state index in [2.05, 4.69) is 10.6 Å². The summed E-state index contributed by atoms with van der Waals surface area (Å²) in [7, 11) is -6.74. The number of benzene rings is 1. The smallest absolute Gasteiger partial charge is 0.289 e. The number of aliphatic hydroxyl groups excluding tert-OH is 2. The lowest BCUT2D eigenvalue weighted by molar-refractivity contribution is -0.387. The molecule has 0 heterocycles. The second kappa shape index (κ2) is 11.7. The number of hydrogen-bond donors (Lipinski definition) is 3. The fraction of sp³-hybridized carbons (Fsp3) is 0.636. The predicted molar refractivity (Wildman–Crippen MR) is 133 cm³/mol. The highest BCUT2D eigenvalue weighted by Gasteiger charge is 2.44. The summed E-state index contributed by atoms with van der Waals surface area (Å²) in [5.74, 6) is 2.61. The third-order valence-electron chi connectivity index (χ3n) is 6.43. The molecule has 0 aliphatic rings. The summed E-state index contributed by atoms with van der Waals surface area (Å²) < 4.78 is 35.5. The molecule has 0 fully saturated rings. The highest BCUT2D eigenvalue weighted by atomic mass is 32.2. The molecule has 3 N–H and O–H groups in total. The van der Waals surface area contributed by atoms with Crippen LogP contribution in [0.2, 0.25) is 18.1 Å². The lowest BCUT2D eigenvalue weighted by Gasteiger charge is -2.44. The molecule has 0 unspecified atom stereocenters. The first-order valence-electron chi connectivity index (χ1n) is 10.9. The Morgan fingerprint density at radius 1 is 1.21 bits per heavy atom. The largest absolute Gasteiger partial charge is 0.415 e. The Hall–Kier alpha value is -1.85. The number of nitrogens with zero attached hydrogens (tertiary/aromatic N) is 2. The van der Waals surface area contributed by atoms with Crippen molar-refractivity contribution < 1.29 is 28.0 Å². The van der Waals surface area contributed by atoms with Gasteiger partial charge in [-0.2, -0.15) is 0 Å². The number of terminal acetylenes is 1. The Morgan fingerprint density at radius 2 is 1.74 bits per heavy atom. The zero-order chi connectivity index (χ0) is 26.4. The van der Waals surface area contributed by atoms with E-state index in [1.54, 1.807) is 11.8 Å². The van der Waals surface area contributed by atoms with Gasteiger partial charge >= 0.3 is 0 Å². The summed E-state index contributed by atoms with van der Waals surface area (Å²) >= 11 is 0. The summed E-state index contributed by atoms with van der Waals surface area (Å²) in [6.07, 6.45) is 5.89. The third kappa shape index (κ3) is 7.08. The first-order valence-corrected chi connectivity index (χ1v) is 15.3. The molecule has 34 heavy (non-hydrogen) atoms. The van der Waals surface area contributed by atoms with Crippen LogP contribution in [-0.4, -0.2) is 81.3 Å². The standard InChI is InChI=1S/C22H37N3O7SSi/c1-8-22(5,24(13-15-26)14-16-27)20(17-32-34(6,7)21(2,3)4)23-33(30,31)19-12-10-9-11-18(19)25(28)29/h1,9-12,20,23,26-27H,13-17H2,2-7H3/t20-,22-/m1/s1. The van der Waals surface area contributed by atoms with Gasteiger partial charge in [-0.05, 0) is 31.1 Å². The number of nitro benzene ring substituents is 1. The summed E-state index contributed by atoms with van der Waals surface area (Å²) in [5, 5.41) is 30.4. The molecule has 0 radical (unpaired) electrons. The Morgan fingerprint density at radius 3 is 2.18 bits per heavy atom. The highest BCUT2D eigenvalue weighted by Crippen LogP contribution is 2.37. The molecule has 0 aliphatic carbocycles. The Balaban J connectivity index is 3.56. The zero-order valence-corrected chi connectivity index (χ0v) is 22.6. The Kier molecular flexibility index (Phi) is 10.4. The van der Waals surface area contributed by atoms with Gasteiger partial charge in [0, 0.05) is 19.2 Å². The van der Waals surface area contributed by atoms with Crippen molar-refractivity contribution >= 4 is 24.0 Å². The van der Waals surface area contributed by atoms with Crippen molar-refractivity contribution in [3.63, 3.8) is 0 Å². The Labute approximate surface area is 203 Å². The van der Waals surface area contributed by atoms with Crippen LogP contribution >= 0.6 is 0 Å². The molecular formula is C22H37N3O7SSi. The number of nitrogens with one attached hydrogen (secondary N) is 1. The van der Waals surface area contributed by atoms with Crippen LogP contribution in [0.5, 0.6) is 0 Å². The molecule has 2 atom stereocenters. The molecule has 0 saturated heterocycles. The van der Waals surface area contributed by atoms with Crippen LogP contribution in [0.4, 0.5) is 5.69 Å². The maximum absolute atomic E-state index is 13.3. The van der Waals surface area contributed by atoms with Gasteiger partial charge in [-0.25, -0.2) is 13.1 Å². The number of nitro groups is 1. The van der Waals surface area contributed by atoms with E-state index >= 15 is 0 Å². The SMILES string of the molecule is C#C[C@](C)([C@@H](CO[Si](C)(C)C(C)(C)C)NS(=O)(=O)c1ccccc1[N+](=O)[O-])N(CCO)CCO. The number of para-hydroxylation sites is 1. The first-order chi connectivity index (χ1) is 15.6. The van der Waals surface area contributed by atoms with E-state index < -0.39 is 45.4 Å². The highest BCUT2D eigenvalue weighted by molar-refractivity contribution is 7.89. The van der Waals surface area contributed by atoms with Crippen molar-refractivity contribution in [3.8, 4) is 12.3 Å². The van der Waals surface area contributed by atoms with E-state index in [1.807, 2.05) is 33.9 Å². The van der Waals surface area contributed by atoms with Gasteiger partial charge in [0.25, 0.3) is 5.69 Å². The fourth-order valence-electron chi connectivity index (χ4n) is 3.14. The minimum Gasteiger partial charge on any atom is -0.415 e. The molecule has 12 heteroatoms. The second-order valence-electron chi connectivity index (χ2n) is 9.70. The van der Waals surface area contributed by atoms with E-state index in [1.165, 1.54) is 12.1 Å². The number of aliphatic hydroxyl groups is 2. The van der Waals surface area contributed by atoms with Crippen molar-refractivity contribution in [2.24, 2.45) is 0 Å². The number of hydrogen-bond acceptors (Lipinski definition) is 8. The molecule has 0 amide bonds. The van der Waals surface area contributed by atoms with Gasteiger partial charge in [-0.3, -0.25) is 15.0 Å². The lowest BCUT2D eigenvalue weighted by Crippen LogP contribution is -2.63. The minimum atomic E-state index is -4.40. The zero-order valence-electron chi connectivity index (χ0n) is 20.7. The van der Waals surface area contributed by atoms with Crippen LogP contribution in [0, 0.1) is 22.5 Å². The predicted octanol–water partition coefficient (Wildman–Crippen LogP) is 1.94. The third-order valence-corrected chi connectivity index (χ3v) is 12.5. The molecular weight excluding hydrogens is 478 g/mol. The van der Waals surface area contributed by atoms with E-state index in [4.69, 9.17) is 10.8 Å². The van der Waals surface area contributed by atoms with E-state index in [0.29, 0.717) is 0 Å². The summed E-state index contributed by atoms with van der Waals surface area (Å²) in [4.78, 5) is 11.8.